The topological polar surface area (TPSA) is 51.2 Å². The number of hydrogen-bond acceptors (Lipinski definition) is 4. The van der Waals surface area contributed by atoms with Crippen LogP contribution in [0.4, 0.5) is 5.13 Å². The molecule has 0 aliphatic rings. The molecule has 0 aliphatic heterocycles. The lowest BCUT2D eigenvalue weighted by atomic mass is 10.2. The van der Waals surface area contributed by atoms with Crippen molar-refractivity contribution < 1.29 is 9.53 Å². The zero-order valence-electron chi connectivity index (χ0n) is 12.4. The van der Waals surface area contributed by atoms with E-state index in [1.165, 1.54) is 11.3 Å². The van der Waals surface area contributed by atoms with Crippen molar-refractivity contribution in [3.63, 3.8) is 0 Å². The van der Waals surface area contributed by atoms with Crippen molar-refractivity contribution in [3.05, 3.63) is 29.6 Å². The molecule has 0 radical (unpaired) electrons. The first-order chi connectivity index (χ1) is 10.2. The number of carbonyl (C=O) groups excluding carboxylic acids is 1. The monoisotopic (exact) mass is 304 g/mol. The van der Waals surface area contributed by atoms with Gasteiger partial charge in [0, 0.05) is 17.4 Å². The Morgan fingerprint density at radius 2 is 2.05 bits per heavy atom. The van der Waals surface area contributed by atoms with Gasteiger partial charge in [0.1, 0.15) is 5.75 Å². The van der Waals surface area contributed by atoms with E-state index in [1.54, 1.807) is 0 Å². The van der Waals surface area contributed by atoms with Crippen LogP contribution in [0.15, 0.2) is 29.6 Å². The Hall–Kier alpha value is -1.88. The van der Waals surface area contributed by atoms with E-state index in [1.807, 2.05) is 36.6 Å². The van der Waals surface area contributed by atoms with Gasteiger partial charge in [-0.2, -0.15) is 0 Å². The summed E-state index contributed by atoms with van der Waals surface area (Å²) in [6.07, 6.45) is 2.65. The highest BCUT2D eigenvalue weighted by atomic mass is 32.1. The fourth-order valence-corrected chi connectivity index (χ4v) is 2.46. The van der Waals surface area contributed by atoms with Crippen LogP contribution in [-0.2, 0) is 4.79 Å². The van der Waals surface area contributed by atoms with Gasteiger partial charge < -0.3 is 10.1 Å². The number of ether oxygens (including phenoxy) is 1. The van der Waals surface area contributed by atoms with Crippen LogP contribution in [0.2, 0.25) is 0 Å². The largest absolute Gasteiger partial charge is 0.494 e. The first-order valence-corrected chi connectivity index (χ1v) is 8.09. The van der Waals surface area contributed by atoms with E-state index in [9.17, 15) is 4.79 Å². The number of nitrogens with one attached hydrogen (secondary N) is 1. The minimum Gasteiger partial charge on any atom is -0.494 e. The number of nitrogens with zero attached hydrogens (tertiary/aromatic N) is 1. The Balaban J connectivity index is 2.00. The molecule has 1 amide bonds. The number of hydrogen-bond donors (Lipinski definition) is 1. The van der Waals surface area contributed by atoms with Crippen LogP contribution in [0.5, 0.6) is 5.75 Å². The van der Waals surface area contributed by atoms with E-state index in [2.05, 4.69) is 17.2 Å². The molecule has 1 heterocycles. The number of thiazole rings is 1. The number of rotatable bonds is 7. The average molecular weight is 304 g/mol. The van der Waals surface area contributed by atoms with Crippen LogP contribution >= 0.6 is 11.3 Å². The Labute approximate surface area is 129 Å². The zero-order chi connectivity index (χ0) is 15.1. The maximum absolute atomic E-state index is 11.3. The number of carbonyl (C=O) groups is 1. The fraction of sp³-hybridized carbons (Fsp3) is 0.375. The molecule has 1 aromatic carbocycles. The molecule has 5 heteroatoms. The molecule has 0 spiro atoms. The minimum atomic E-state index is -0.0180. The average Bonchev–Trinajstić information content (AvgIpc) is 2.96. The van der Waals surface area contributed by atoms with Crippen LogP contribution in [0.25, 0.3) is 11.3 Å². The second kappa shape index (κ2) is 7.78. The standard InChI is InChI=1S/C16H20N2O2S/c1-3-5-10-20-13-8-6-12(7-9-13)14-11-21-16(17-14)18-15(19)4-2/h6-9,11H,3-5,10H2,1-2H3,(H,17,18,19). The minimum absolute atomic E-state index is 0.0180. The van der Waals surface area contributed by atoms with Gasteiger partial charge in [-0.05, 0) is 30.7 Å². The maximum Gasteiger partial charge on any atom is 0.225 e. The third-order valence-corrected chi connectivity index (χ3v) is 3.75. The smallest absolute Gasteiger partial charge is 0.225 e. The van der Waals surface area contributed by atoms with Crippen molar-refractivity contribution in [3.8, 4) is 17.0 Å². The van der Waals surface area contributed by atoms with Gasteiger partial charge in [0.2, 0.25) is 5.91 Å². The molecule has 4 nitrogen and oxygen atoms in total. The lowest BCUT2D eigenvalue weighted by molar-refractivity contribution is -0.115. The van der Waals surface area contributed by atoms with E-state index in [0.29, 0.717) is 11.6 Å². The lowest BCUT2D eigenvalue weighted by Gasteiger charge is -2.05. The van der Waals surface area contributed by atoms with Gasteiger partial charge in [-0.15, -0.1) is 11.3 Å². The van der Waals surface area contributed by atoms with E-state index in [0.717, 1.165) is 36.5 Å². The summed E-state index contributed by atoms with van der Waals surface area (Å²) in [7, 11) is 0. The summed E-state index contributed by atoms with van der Waals surface area (Å²) in [5.74, 6) is 0.859. The molecule has 0 bridgehead atoms. The van der Waals surface area contributed by atoms with Gasteiger partial charge >= 0.3 is 0 Å². The number of benzene rings is 1. The molecule has 21 heavy (non-hydrogen) atoms. The van der Waals surface area contributed by atoms with Gasteiger partial charge in [0.25, 0.3) is 0 Å². The first-order valence-electron chi connectivity index (χ1n) is 7.21. The number of unbranched alkanes of at least 4 members (excludes halogenated alkanes) is 1. The van der Waals surface area contributed by atoms with Crippen LogP contribution in [-0.4, -0.2) is 17.5 Å². The van der Waals surface area contributed by atoms with Crippen molar-refractivity contribution in [2.75, 3.05) is 11.9 Å². The van der Waals surface area contributed by atoms with Crippen molar-refractivity contribution in [1.82, 2.24) is 4.98 Å². The van der Waals surface area contributed by atoms with Crippen molar-refractivity contribution in [2.24, 2.45) is 0 Å². The van der Waals surface area contributed by atoms with Gasteiger partial charge in [0.05, 0.1) is 12.3 Å². The van der Waals surface area contributed by atoms with E-state index >= 15 is 0 Å². The first kappa shape index (κ1) is 15.5. The van der Waals surface area contributed by atoms with Gasteiger partial charge in [-0.1, -0.05) is 20.3 Å². The summed E-state index contributed by atoms with van der Waals surface area (Å²) in [4.78, 5) is 15.8. The summed E-state index contributed by atoms with van der Waals surface area (Å²) < 4.78 is 5.63. The Kier molecular flexibility index (Phi) is 5.75. The van der Waals surface area contributed by atoms with Crippen molar-refractivity contribution in [1.29, 1.82) is 0 Å². The van der Waals surface area contributed by atoms with E-state index in [4.69, 9.17) is 4.74 Å². The quantitative estimate of drug-likeness (QED) is 0.774. The van der Waals surface area contributed by atoms with Gasteiger partial charge in [0.15, 0.2) is 5.13 Å². The summed E-state index contributed by atoms with van der Waals surface area (Å²) in [5.41, 5.74) is 1.89. The van der Waals surface area contributed by atoms with Crippen LogP contribution in [0.3, 0.4) is 0 Å². The molecular weight excluding hydrogens is 284 g/mol. The molecule has 0 saturated carbocycles. The third kappa shape index (κ3) is 4.56. The summed E-state index contributed by atoms with van der Waals surface area (Å²) >= 11 is 1.43. The maximum atomic E-state index is 11.3. The SMILES string of the molecule is CCCCOc1ccc(-c2csc(NC(=O)CC)n2)cc1. The molecule has 2 aromatic rings. The Bertz CT molecular complexity index is 578. The molecular formula is C16H20N2O2S. The summed E-state index contributed by atoms with van der Waals surface area (Å²) in [6.45, 7) is 4.71. The molecule has 0 aliphatic carbocycles. The molecule has 0 atom stereocenters. The van der Waals surface area contributed by atoms with Crippen LogP contribution in [0.1, 0.15) is 33.1 Å². The molecule has 112 valence electrons. The van der Waals surface area contributed by atoms with Gasteiger partial charge in [-0.25, -0.2) is 4.98 Å². The summed E-state index contributed by atoms with van der Waals surface area (Å²) in [5, 5.41) is 5.35. The van der Waals surface area contributed by atoms with Crippen LogP contribution < -0.4 is 10.1 Å². The number of anilines is 1. The van der Waals surface area contributed by atoms with Gasteiger partial charge in [-0.3, -0.25) is 4.79 Å². The van der Waals surface area contributed by atoms with Crippen LogP contribution in [0, 0.1) is 0 Å². The zero-order valence-corrected chi connectivity index (χ0v) is 13.2. The highest BCUT2D eigenvalue weighted by molar-refractivity contribution is 7.14. The normalized spacial score (nSPS) is 10.4. The molecule has 1 N–H and O–H groups in total. The number of aromatic nitrogens is 1. The fourth-order valence-electron chi connectivity index (χ4n) is 1.73. The third-order valence-electron chi connectivity index (χ3n) is 2.99. The van der Waals surface area contributed by atoms with Crippen molar-refractivity contribution >= 4 is 22.4 Å². The lowest BCUT2D eigenvalue weighted by Crippen LogP contribution is -2.08. The Morgan fingerprint density at radius 1 is 1.29 bits per heavy atom. The van der Waals surface area contributed by atoms with E-state index in [-0.39, 0.29) is 5.91 Å². The van der Waals surface area contributed by atoms with E-state index < -0.39 is 0 Å². The second-order valence-electron chi connectivity index (χ2n) is 4.67. The molecule has 0 fully saturated rings. The summed E-state index contributed by atoms with van der Waals surface area (Å²) in [6, 6.07) is 7.88. The highest BCUT2D eigenvalue weighted by Crippen LogP contribution is 2.26. The van der Waals surface area contributed by atoms with Crippen molar-refractivity contribution in [2.45, 2.75) is 33.1 Å². The molecule has 0 unspecified atom stereocenters. The Morgan fingerprint density at radius 3 is 2.71 bits per heavy atom. The second-order valence-corrected chi connectivity index (χ2v) is 5.52. The molecule has 2 rings (SSSR count). The predicted octanol–water partition coefficient (Wildman–Crippen LogP) is 4.34. The predicted molar refractivity (Wildman–Crippen MR) is 86.9 cm³/mol. The highest BCUT2D eigenvalue weighted by Gasteiger charge is 2.07. The molecule has 1 aromatic heterocycles. The molecule has 0 saturated heterocycles. The number of amides is 1.